The van der Waals surface area contributed by atoms with Gasteiger partial charge in [0.1, 0.15) is 10.7 Å². The van der Waals surface area contributed by atoms with Gasteiger partial charge in [0.05, 0.1) is 10.7 Å². The fraction of sp³-hybridized carbons (Fsp3) is 0.600. The highest BCUT2D eigenvalue weighted by molar-refractivity contribution is 7.14. The van der Waals surface area contributed by atoms with E-state index in [4.69, 9.17) is 0 Å². The van der Waals surface area contributed by atoms with Crippen molar-refractivity contribution in [3.05, 3.63) is 21.4 Å². The molecular formula is C15H21N5OS. The van der Waals surface area contributed by atoms with Crippen molar-refractivity contribution in [3.63, 3.8) is 0 Å². The van der Waals surface area contributed by atoms with Gasteiger partial charge >= 0.3 is 0 Å². The third-order valence-corrected chi connectivity index (χ3v) is 5.32. The number of carbonyl (C=O) groups excluding carboxylic acids is 1. The summed E-state index contributed by atoms with van der Waals surface area (Å²) in [5, 5.41) is 10.7. The first kappa shape index (κ1) is 15.1. The van der Waals surface area contributed by atoms with Gasteiger partial charge in [0.25, 0.3) is 5.91 Å². The molecule has 0 atom stereocenters. The second-order valence-corrected chi connectivity index (χ2v) is 7.13. The van der Waals surface area contributed by atoms with Gasteiger partial charge in [0.15, 0.2) is 0 Å². The van der Waals surface area contributed by atoms with E-state index in [1.807, 2.05) is 20.8 Å². The lowest BCUT2D eigenvalue weighted by Crippen LogP contribution is -2.12. The van der Waals surface area contributed by atoms with Crippen molar-refractivity contribution in [3.8, 4) is 0 Å². The number of nitrogens with one attached hydrogen (secondary N) is 2. The topological polar surface area (TPSA) is 83.6 Å². The van der Waals surface area contributed by atoms with Gasteiger partial charge in [0.2, 0.25) is 5.95 Å². The summed E-state index contributed by atoms with van der Waals surface area (Å²) in [4.78, 5) is 21.9. The molecule has 2 N–H and O–H groups in total. The summed E-state index contributed by atoms with van der Waals surface area (Å²) in [6, 6.07) is 0. The predicted octanol–water partition coefficient (Wildman–Crippen LogP) is 3.60. The minimum Gasteiger partial charge on any atom is -0.288 e. The molecule has 0 unspecified atom stereocenters. The maximum absolute atomic E-state index is 12.4. The zero-order valence-corrected chi connectivity index (χ0v) is 14.0. The predicted molar refractivity (Wildman–Crippen MR) is 86.5 cm³/mol. The first-order valence-corrected chi connectivity index (χ1v) is 8.57. The number of rotatable bonds is 4. The van der Waals surface area contributed by atoms with E-state index in [-0.39, 0.29) is 11.8 Å². The minimum absolute atomic E-state index is 0.173. The molecule has 2 heterocycles. The molecule has 0 spiro atoms. The summed E-state index contributed by atoms with van der Waals surface area (Å²) in [5.74, 6) is 1.69. The third kappa shape index (κ3) is 3.04. The Morgan fingerprint density at radius 2 is 2.05 bits per heavy atom. The molecule has 1 amide bonds. The molecule has 1 fully saturated rings. The van der Waals surface area contributed by atoms with Crippen LogP contribution in [0.5, 0.6) is 0 Å². The van der Waals surface area contributed by atoms with Crippen molar-refractivity contribution >= 4 is 23.2 Å². The SMILES string of the molecule is Cc1nc(C2CCCC2)sc1C(=O)Nc1n[nH]c(C(C)C)n1. The molecule has 0 saturated heterocycles. The number of aromatic amines is 1. The van der Waals surface area contributed by atoms with Gasteiger partial charge in [-0.2, -0.15) is 4.98 Å². The molecule has 6 nitrogen and oxygen atoms in total. The molecule has 0 aliphatic heterocycles. The van der Waals surface area contributed by atoms with Crippen molar-refractivity contribution in [2.24, 2.45) is 0 Å². The molecule has 0 radical (unpaired) electrons. The molecule has 0 aromatic carbocycles. The number of aromatic nitrogens is 4. The van der Waals surface area contributed by atoms with Crippen molar-refractivity contribution in [2.45, 2.75) is 58.3 Å². The minimum atomic E-state index is -0.173. The number of hydrogen-bond donors (Lipinski definition) is 2. The van der Waals surface area contributed by atoms with E-state index in [9.17, 15) is 4.79 Å². The largest absolute Gasteiger partial charge is 0.288 e. The lowest BCUT2D eigenvalue weighted by molar-refractivity contribution is 0.102. The van der Waals surface area contributed by atoms with Crippen molar-refractivity contribution in [1.82, 2.24) is 20.2 Å². The number of H-pyrrole nitrogens is 1. The Morgan fingerprint density at radius 3 is 2.68 bits per heavy atom. The highest BCUT2D eigenvalue weighted by Crippen LogP contribution is 2.37. The van der Waals surface area contributed by atoms with Crippen LogP contribution in [0.2, 0.25) is 0 Å². The maximum atomic E-state index is 12.4. The molecule has 118 valence electrons. The summed E-state index contributed by atoms with van der Waals surface area (Å²) in [5.41, 5.74) is 0.795. The second kappa shape index (κ2) is 6.16. The van der Waals surface area contributed by atoms with E-state index in [0.717, 1.165) is 16.5 Å². The van der Waals surface area contributed by atoms with Crippen LogP contribution < -0.4 is 5.32 Å². The number of amides is 1. The summed E-state index contributed by atoms with van der Waals surface area (Å²) in [6.07, 6.45) is 4.90. The highest BCUT2D eigenvalue weighted by atomic mass is 32.1. The Labute approximate surface area is 133 Å². The van der Waals surface area contributed by atoms with Gasteiger partial charge in [-0.25, -0.2) is 4.98 Å². The molecule has 0 bridgehead atoms. The molecule has 22 heavy (non-hydrogen) atoms. The van der Waals surface area contributed by atoms with Gasteiger partial charge in [0, 0.05) is 11.8 Å². The molecule has 1 aliphatic rings. The number of thiazole rings is 1. The average Bonchev–Trinajstić information content (AvgIpc) is 3.16. The van der Waals surface area contributed by atoms with Crippen LogP contribution in [0, 0.1) is 6.92 Å². The van der Waals surface area contributed by atoms with Gasteiger partial charge in [-0.3, -0.25) is 15.2 Å². The molecular weight excluding hydrogens is 298 g/mol. The van der Waals surface area contributed by atoms with E-state index in [1.165, 1.54) is 37.0 Å². The number of hydrogen-bond acceptors (Lipinski definition) is 5. The summed E-state index contributed by atoms with van der Waals surface area (Å²) < 4.78 is 0. The fourth-order valence-electron chi connectivity index (χ4n) is 2.72. The van der Waals surface area contributed by atoms with Gasteiger partial charge < -0.3 is 0 Å². The summed E-state index contributed by atoms with van der Waals surface area (Å²) in [7, 11) is 0. The maximum Gasteiger partial charge on any atom is 0.270 e. The number of aryl methyl sites for hydroxylation is 1. The van der Waals surface area contributed by atoms with Gasteiger partial charge in [-0.05, 0) is 19.8 Å². The quantitative estimate of drug-likeness (QED) is 0.902. The highest BCUT2D eigenvalue weighted by Gasteiger charge is 2.24. The van der Waals surface area contributed by atoms with Crippen LogP contribution in [0.3, 0.4) is 0 Å². The van der Waals surface area contributed by atoms with Crippen molar-refractivity contribution in [1.29, 1.82) is 0 Å². The van der Waals surface area contributed by atoms with Crippen LogP contribution >= 0.6 is 11.3 Å². The molecule has 1 saturated carbocycles. The van der Waals surface area contributed by atoms with Gasteiger partial charge in [-0.15, -0.1) is 16.4 Å². The fourth-order valence-corrected chi connectivity index (χ4v) is 3.85. The Balaban J connectivity index is 1.73. The van der Waals surface area contributed by atoms with E-state index < -0.39 is 0 Å². The van der Waals surface area contributed by atoms with Crippen LogP contribution in [0.4, 0.5) is 5.95 Å². The zero-order chi connectivity index (χ0) is 15.7. The average molecular weight is 319 g/mol. The molecule has 1 aliphatic carbocycles. The number of anilines is 1. The smallest absolute Gasteiger partial charge is 0.270 e. The van der Waals surface area contributed by atoms with Crippen LogP contribution in [0.25, 0.3) is 0 Å². The van der Waals surface area contributed by atoms with E-state index in [0.29, 0.717) is 16.7 Å². The Morgan fingerprint density at radius 1 is 1.32 bits per heavy atom. The lowest BCUT2D eigenvalue weighted by Gasteiger charge is -2.02. The first-order chi connectivity index (χ1) is 10.5. The zero-order valence-electron chi connectivity index (χ0n) is 13.1. The Hall–Kier alpha value is -1.76. The first-order valence-electron chi connectivity index (χ1n) is 7.75. The van der Waals surface area contributed by atoms with Crippen LogP contribution in [0.1, 0.15) is 77.6 Å². The van der Waals surface area contributed by atoms with E-state index >= 15 is 0 Å². The summed E-state index contributed by atoms with van der Waals surface area (Å²) in [6.45, 7) is 5.93. The van der Waals surface area contributed by atoms with Crippen molar-refractivity contribution < 1.29 is 4.79 Å². The van der Waals surface area contributed by atoms with E-state index in [1.54, 1.807) is 0 Å². The third-order valence-electron chi connectivity index (χ3n) is 4.00. The molecule has 3 rings (SSSR count). The molecule has 7 heteroatoms. The second-order valence-electron chi connectivity index (χ2n) is 6.10. The Bertz CT molecular complexity index is 669. The number of nitrogens with zero attached hydrogens (tertiary/aromatic N) is 3. The van der Waals surface area contributed by atoms with Crippen molar-refractivity contribution in [2.75, 3.05) is 5.32 Å². The van der Waals surface area contributed by atoms with Crippen LogP contribution in [-0.2, 0) is 0 Å². The molecule has 2 aromatic heterocycles. The summed E-state index contributed by atoms with van der Waals surface area (Å²) >= 11 is 1.51. The monoisotopic (exact) mass is 319 g/mol. The Kier molecular flexibility index (Phi) is 4.24. The lowest BCUT2D eigenvalue weighted by atomic mass is 10.1. The van der Waals surface area contributed by atoms with Crippen LogP contribution in [-0.4, -0.2) is 26.1 Å². The van der Waals surface area contributed by atoms with Gasteiger partial charge in [-0.1, -0.05) is 26.7 Å². The number of carbonyl (C=O) groups is 1. The normalized spacial score (nSPS) is 15.6. The molecule has 2 aromatic rings. The standard InChI is InChI=1S/C15H21N5OS/c1-8(2)12-17-15(20-19-12)18-13(21)11-9(3)16-14(22-11)10-6-4-5-7-10/h8,10H,4-7H2,1-3H3,(H2,17,18,19,20,21). The van der Waals surface area contributed by atoms with E-state index in [2.05, 4.69) is 25.5 Å². The van der Waals surface area contributed by atoms with Crippen LogP contribution in [0.15, 0.2) is 0 Å².